The smallest absolute Gasteiger partial charge is 0.323 e. The summed E-state index contributed by atoms with van der Waals surface area (Å²) in [6.07, 6.45) is 2.32. The number of likely N-dealkylation sites (N-methyl/N-ethyl adjacent to an activating group) is 1. The van der Waals surface area contributed by atoms with Gasteiger partial charge < -0.3 is 35.0 Å². The van der Waals surface area contributed by atoms with Crippen LogP contribution in [-0.2, 0) is 0 Å². The Bertz CT molecular complexity index is 1090. The average molecular weight is 511 g/mol. The summed E-state index contributed by atoms with van der Waals surface area (Å²) < 4.78 is 11.7. The molecule has 1 heterocycles. The molecule has 2 aromatic rings. The van der Waals surface area contributed by atoms with Crippen LogP contribution in [0.3, 0.4) is 0 Å². The number of ether oxygens (including phenoxy) is 2. The van der Waals surface area contributed by atoms with Crippen molar-refractivity contribution in [3.63, 3.8) is 0 Å². The molecule has 1 saturated carbocycles. The monoisotopic (exact) mass is 510 g/mol. The van der Waals surface area contributed by atoms with Crippen molar-refractivity contribution in [3.8, 4) is 11.5 Å². The Morgan fingerprint density at radius 1 is 1.19 bits per heavy atom. The first-order chi connectivity index (χ1) is 17.8. The maximum absolute atomic E-state index is 13.6. The van der Waals surface area contributed by atoms with Gasteiger partial charge >= 0.3 is 6.03 Å². The van der Waals surface area contributed by atoms with Gasteiger partial charge in [-0.1, -0.05) is 13.0 Å². The SMILES string of the molecule is COc1ccc(NC(=O)Nc2cccc3c2O[C@@H](CN(C)CC2CC2)[C@H](C)CN([C@H](C)CO)C3=O)cc1. The molecular weight excluding hydrogens is 472 g/mol. The number of rotatable bonds is 9. The number of methoxy groups -OCH3 is 1. The lowest BCUT2D eigenvalue weighted by Crippen LogP contribution is -2.50. The van der Waals surface area contributed by atoms with Crippen LogP contribution in [0.2, 0.25) is 0 Å². The van der Waals surface area contributed by atoms with Gasteiger partial charge in [-0.15, -0.1) is 0 Å². The van der Waals surface area contributed by atoms with Crippen molar-refractivity contribution >= 4 is 23.3 Å². The first kappa shape index (κ1) is 26.8. The van der Waals surface area contributed by atoms with Gasteiger partial charge in [0, 0.05) is 31.2 Å². The lowest BCUT2D eigenvalue weighted by molar-refractivity contribution is 0.0346. The van der Waals surface area contributed by atoms with Gasteiger partial charge in [0.15, 0.2) is 5.75 Å². The minimum absolute atomic E-state index is 0.00827. The van der Waals surface area contributed by atoms with Crippen molar-refractivity contribution < 1.29 is 24.2 Å². The fourth-order valence-electron chi connectivity index (χ4n) is 4.64. The number of carbonyl (C=O) groups excluding carboxylic acids is 2. The molecule has 3 N–H and O–H groups in total. The Hall–Kier alpha value is -3.30. The van der Waals surface area contributed by atoms with Crippen LogP contribution < -0.4 is 20.1 Å². The molecule has 9 nitrogen and oxygen atoms in total. The molecule has 2 aromatic carbocycles. The minimum Gasteiger partial charge on any atom is -0.497 e. The van der Waals surface area contributed by atoms with Crippen LogP contribution in [0.25, 0.3) is 0 Å². The predicted molar refractivity (Wildman–Crippen MR) is 143 cm³/mol. The van der Waals surface area contributed by atoms with Crippen molar-refractivity contribution in [2.24, 2.45) is 11.8 Å². The summed E-state index contributed by atoms with van der Waals surface area (Å²) in [5, 5.41) is 15.5. The van der Waals surface area contributed by atoms with Crippen LogP contribution >= 0.6 is 0 Å². The number of nitrogens with zero attached hydrogens (tertiary/aromatic N) is 2. The number of aliphatic hydroxyl groups is 1. The first-order valence-electron chi connectivity index (χ1n) is 12.9. The highest BCUT2D eigenvalue weighted by atomic mass is 16.5. The van der Waals surface area contributed by atoms with E-state index in [2.05, 4.69) is 29.5 Å². The van der Waals surface area contributed by atoms with E-state index in [9.17, 15) is 14.7 Å². The molecule has 0 spiro atoms. The molecule has 0 saturated heterocycles. The Morgan fingerprint density at radius 3 is 2.57 bits per heavy atom. The number of hydrogen-bond donors (Lipinski definition) is 3. The molecule has 3 amide bonds. The zero-order valence-corrected chi connectivity index (χ0v) is 22.1. The Kier molecular flexibility index (Phi) is 8.56. The third-order valence-corrected chi connectivity index (χ3v) is 7.05. The highest BCUT2D eigenvalue weighted by Gasteiger charge is 2.35. The lowest BCUT2D eigenvalue weighted by atomic mass is 9.99. The van der Waals surface area contributed by atoms with Gasteiger partial charge in [-0.2, -0.15) is 0 Å². The number of urea groups is 1. The maximum Gasteiger partial charge on any atom is 0.323 e. The number of amides is 3. The molecule has 200 valence electrons. The normalized spacial score (nSPS) is 20.4. The number of anilines is 2. The van der Waals surface area contributed by atoms with E-state index in [-0.39, 0.29) is 30.6 Å². The van der Waals surface area contributed by atoms with E-state index in [0.29, 0.717) is 41.5 Å². The summed E-state index contributed by atoms with van der Waals surface area (Å²) in [7, 11) is 3.68. The molecule has 1 fully saturated rings. The van der Waals surface area contributed by atoms with Crippen molar-refractivity contribution in [2.45, 2.75) is 38.8 Å². The summed E-state index contributed by atoms with van der Waals surface area (Å²) >= 11 is 0. The number of fused-ring (bicyclic) bond motifs is 1. The van der Waals surface area contributed by atoms with Crippen molar-refractivity contribution in [1.82, 2.24) is 9.80 Å². The molecule has 37 heavy (non-hydrogen) atoms. The van der Waals surface area contributed by atoms with Crippen LogP contribution in [0.4, 0.5) is 16.2 Å². The van der Waals surface area contributed by atoms with Crippen LogP contribution in [0.5, 0.6) is 11.5 Å². The first-order valence-corrected chi connectivity index (χ1v) is 12.9. The van der Waals surface area contributed by atoms with Gasteiger partial charge in [-0.05, 0) is 69.1 Å². The van der Waals surface area contributed by atoms with Gasteiger partial charge in [-0.3, -0.25) is 4.79 Å². The van der Waals surface area contributed by atoms with E-state index in [0.717, 1.165) is 12.5 Å². The van der Waals surface area contributed by atoms with E-state index >= 15 is 0 Å². The molecule has 4 rings (SSSR count). The van der Waals surface area contributed by atoms with E-state index in [1.54, 1.807) is 54.5 Å². The fraction of sp³-hybridized carbons (Fsp3) is 0.500. The lowest BCUT2D eigenvalue weighted by Gasteiger charge is -2.38. The Morgan fingerprint density at radius 2 is 1.92 bits per heavy atom. The van der Waals surface area contributed by atoms with E-state index in [1.165, 1.54) is 12.8 Å². The maximum atomic E-state index is 13.6. The highest BCUT2D eigenvalue weighted by molar-refractivity contribution is 6.04. The molecular formula is C28H38N4O5. The third-order valence-electron chi connectivity index (χ3n) is 7.05. The summed E-state index contributed by atoms with van der Waals surface area (Å²) in [6.45, 7) is 5.95. The number of para-hydroxylation sites is 1. The van der Waals surface area contributed by atoms with Gasteiger partial charge in [0.1, 0.15) is 11.9 Å². The molecule has 0 aromatic heterocycles. The zero-order valence-electron chi connectivity index (χ0n) is 22.1. The fourth-order valence-corrected chi connectivity index (χ4v) is 4.64. The van der Waals surface area contributed by atoms with Gasteiger partial charge in [0.05, 0.1) is 31.0 Å². The largest absolute Gasteiger partial charge is 0.497 e. The Labute approximate surface area is 218 Å². The number of carbonyl (C=O) groups is 2. The summed E-state index contributed by atoms with van der Waals surface area (Å²) in [5.41, 5.74) is 1.38. The van der Waals surface area contributed by atoms with Crippen molar-refractivity contribution in [3.05, 3.63) is 48.0 Å². The predicted octanol–water partition coefficient (Wildman–Crippen LogP) is 3.90. The summed E-state index contributed by atoms with van der Waals surface area (Å²) in [6, 6.07) is 11.4. The van der Waals surface area contributed by atoms with E-state index in [4.69, 9.17) is 9.47 Å². The number of benzene rings is 2. The highest BCUT2D eigenvalue weighted by Crippen LogP contribution is 2.35. The van der Waals surface area contributed by atoms with Gasteiger partial charge in [-0.25, -0.2) is 4.79 Å². The topological polar surface area (TPSA) is 103 Å². The molecule has 3 atom stereocenters. The van der Waals surface area contributed by atoms with Crippen LogP contribution in [0.1, 0.15) is 37.0 Å². The molecule has 9 heteroatoms. The molecule has 1 aliphatic heterocycles. The van der Waals surface area contributed by atoms with E-state index < -0.39 is 6.03 Å². The van der Waals surface area contributed by atoms with Crippen molar-refractivity contribution in [2.75, 3.05) is 51.0 Å². The molecule has 1 aliphatic carbocycles. The third kappa shape index (κ3) is 6.72. The summed E-state index contributed by atoms with van der Waals surface area (Å²) in [5.74, 6) is 1.56. The van der Waals surface area contributed by atoms with Gasteiger partial charge in [0.2, 0.25) is 0 Å². The Balaban J connectivity index is 1.61. The van der Waals surface area contributed by atoms with E-state index in [1.807, 2.05) is 6.92 Å². The second-order valence-electron chi connectivity index (χ2n) is 10.3. The average Bonchev–Trinajstić information content (AvgIpc) is 3.70. The number of hydrogen-bond acceptors (Lipinski definition) is 6. The molecule has 2 aliphatic rings. The quantitative estimate of drug-likeness (QED) is 0.473. The number of aliphatic hydroxyl groups excluding tert-OH is 1. The molecule has 0 unspecified atom stereocenters. The van der Waals surface area contributed by atoms with Gasteiger partial charge in [0.25, 0.3) is 5.91 Å². The van der Waals surface area contributed by atoms with Crippen LogP contribution in [0.15, 0.2) is 42.5 Å². The minimum atomic E-state index is -0.451. The molecule has 0 bridgehead atoms. The standard InChI is InChI=1S/C28H38N4O5/c1-18-14-32(19(2)17-33)27(34)23-6-5-7-24(26(23)37-25(18)16-31(3)15-20-8-9-20)30-28(35)29-21-10-12-22(36-4)13-11-21/h5-7,10-13,18-20,25,33H,8-9,14-17H2,1-4H3,(H2,29,30,35)/t18-,19-,25+/m1/s1. The van der Waals surface area contributed by atoms with Crippen LogP contribution in [0, 0.1) is 11.8 Å². The summed E-state index contributed by atoms with van der Waals surface area (Å²) in [4.78, 5) is 30.5. The second-order valence-corrected chi connectivity index (χ2v) is 10.3. The molecule has 0 radical (unpaired) electrons. The number of nitrogens with one attached hydrogen (secondary N) is 2. The van der Waals surface area contributed by atoms with Crippen molar-refractivity contribution in [1.29, 1.82) is 0 Å². The van der Waals surface area contributed by atoms with Crippen LogP contribution in [-0.4, -0.2) is 79.4 Å². The second kappa shape index (κ2) is 11.8. The zero-order chi connectivity index (χ0) is 26.5.